The van der Waals surface area contributed by atoms with Crippen LogP contribution in [0, 0.1) is 6.92 Å². The number of aliphatic hydroxyl groups excluding tert-OH is 1. The zero-order chi connectivity index (χ0) is 23.7. The fourth-order valence-corrected chi connectivity index (χ4v) is 4.57. The molecule has 0 saturated carbocycles. The molecule has 7 heteroatoms. The number of aliphatic hydroxyl groups is 1. The number of anilines is 1. The van der Waals surface area contributed by atoms with Crippen molar-refractivity contribution >= 4 is 39.1 Å². The number of nitrogens with zero attached hydrogens (tertiary/aromatic N) is 1. The van der Waals surface area contributed by atoms with Crippen LogP contribution in [0.25, 0.3) is 5.76 Å². The predicted octanol–water partition coefficient (Wildman–Crippen LogP) is 5.40. The van der Waals surface area contributed by atoms with Gasteiger partial charge in [0, 0.05) is 16.8 Å². The first-order valence-electron chi connectivity index (χ1n) is 10.2. The Kier molecular flexibility index (Phi) is 6.24. The minimum Gasteiger partial charge on any atom is -0.507 e. The van der Waals surface area contributed by atoms with E-state index in [4.69, 9.17) is 9.47 Å². The van der Waals surface area contributed by atoms with Crippen molar-refractivity contribution in [3.05, 3.63) is 93.5 Å². The van der Waals surface area contributed by atoms with Gasteiger partial charge in [0.15, 0.2) is 0 Å². The first kappa shape index (κ1) is 22.6. The second-order valence-corrected chi connectivity index (χ2v) is 8.45. The highest BCUT2D eigenvalue weighted by Crippen LogP contribution is 2.45. The maximum atomic E-state index is 13.3. The molecule has 1 atom stereocenters. The zero-order valence-electron chi connectivity index (χ0n) is 18.3. The number of hydrogen-bond acceptors (Lipinski definition) is 5. The zero-order valence-corrected chi connectivity index (χ0v) is 19.9. The molecule has 0 spiro atoms. The molecule has 0 aliphatic carbocycles. The van der Waals surface area contributed by atoms with Crippen LogP contribution in [0.3, 0.4) is 0 Å². The summed E-state index contributed by atoms with van der Waals surface area (Å²) in [7, 11) is 3.06. The van der Waals surface area contributed by atoms with E-state index in [1.807, 2.05) is 31.2 Å². The van der Waals surface area contributed by atoms with Crippen LogP contribution in [0.4, 0.5) is 5.69 Å². The fraction of sp³-hybridized carbons (Fsp3) is 0.154. The number of amides is 1. The van der Waals surface area contributed by atoms with Crippen LogP contribution in [0.5, 0.6) is 11.5 Å². The van der Waals surface area contributed by atoms with Crippen molar-refractivity contribution in [3.8, 4) is 11.5 Å². The first-order chi connectivity index (χ1) is 15.9. The molecular formula is C26H22BrNO5. The summed E-state index contributed by atoms with van der Waals surface area (Å²) in [6.07, 6.45) is 0. The van der Waals surface area contributed by atoms with E-state index in [1.54, 1.807) is 42.5 Å². The Morgan fingerprint density at radius 2 is 1.67 bits per heavy atom. The number of benzene rings is 3. The second kappa shape index (κ2) is 9.11. The summed E-state index contributed by atoms with van der Waals surface area (Å²) in [6.45, 7) is 1.91. The monoisotopic (exact) mass is 507 g/mol. The molecule has 1 amide bonds. The van der Waals surface area contributed by atoms with Crippen molar-refractivity contribution in [2.24, 2.45) is 0 Å². The van der Waals surface area contributed by atoms with Gasteiger partial charge in [0.1, 0.15) is 17.3 Å². The molecular weight excluding hydrogens is 486 g/mol. The Labute approximate surface area is 200 Å². The van der Waals surface area contributed by atoms with E-state index in [0.29, 0.717) is 32.8 Å². The molecule has 1 saturated heterocycles. The minimum atomic E-state index is -0.871. The van der Waals surface area contributed by atoms with E-state index in [9.17, 15) is 14.7 Å². The molecule has 0 bridgehead atoms. The third-order valence-corrected chi connectivity index (χ3v) is 6.20. The summed E-state index contributed by atoms with van der Waals surface area (Å²) >= 11 is 3.41. The molecule has 1 fully saturated rings. The lowest BCUT2D eigenvalue weighted by atomic mass is 9.94. The highest BCUT2D eigenvalue weighted by atomic mass is 79.9. The topological polar surface area (TPSA) is 76.1 Å². The summed E-state index contributed by atoms with van der Waals surface area (Å²) in [5.41, 5.74) is 2.46. The van der Waals surface area contributed by atoms with Crippen molar-refractivity contribution in [1.29, 1.82) is 0 Å². The number of ether oxygens (including phenoxy) is 2. The number of para-hydroxylation sites is 1. The number of ketones is 1. The van der Waals surface area contributed by atoms with E-state index in [2.05, 4.69) is 15.9 Å². The molecule has 3 aromatic carbocycles. The van der Waals surface area contributed by atoms with Gasteiger partial charge in [0.2, 0.25) is 0 Å². The van der Waals surface area contributed by atoms with Gasteiger partial charge in [0.05, 0.1) is 30.3 Å². The minimum absolute atomic E-state index is 0.0110. The maximum Gasteiger partial charge on any atom is 0.300 e. The number of halogens is 1. The van der Waals surface area contributed by atoms with Crippen molar-refractivity contribution in [3.63, 3.8) is 0 Å². The molecule has 0 radical (unpaired) electrons. The number of carbonyl (C=O) groups excluding carboxylic acids is 2. The molecule has 1 aliphatic heterocycles. The van der Waals surface area contributed by atoms with Crippen LogP contribution < -0.4 is 14.4 Å². The van der Waals surface area contributed by atoms with Crippen LogP contribution in [0.15, 0.2) is 76.8 Å². The third kappa shape index (κ3) is 4.00. The Bertz CT molecular complexity index is 1280. The average molecular weight is 508 g/mol. The fourth-order valence-electron chi connectivity index (χ4n) is 4.03. The summed E-state index contributed by atoms with van der Waals surface area (Å²) < 4.78 is 11.4. The third-order valence-electron chi connectivity index (χ3n) is 5.58. The van der Waals surface area contributed by atoms with Crippen LogP contribution >= 0.6 is 15.9 Å². The normalized spacial score (nSPS) is 17.3. The van der Waals surface area contributed by atoms with E-state index in [0.717, 1.165) is 5.56 Å². The maximum absolute atomic E-state index is 13.3. The van der Waals surface area contributed by atoms with E-state index in [1.165, 1.54) is 19.1 Å². The Balaban J connectivity index is 1.98. The van der Waals surface area contributed by atoms with E-state index in [-0.39, 0.29) is 11.3 Å². The number of hydrogen-bond donors (Lipinski definition) is 1. The van der Waals surface area contributed by atoms with Crippen LogP contribution in [0.1, 0.15) is 22.7 Å². The Morgan fingerprint density at radius 3 is 2.33 bits per heavy atom. The van der Waals surface area contributed by atoms with Gasteiger partial charge in [-0.1, -0.05) is 30.3 Å². The molecule has 3 aromatic rings. The predicted molar refractivity (Wildman–Crippen MR) is 130 cm³/mol. The van der Waals surface area contributed by atoms with E-state index >= 15 is 0 Å². The molecule has 6 nitrogen and oxygen atoms in total. The lowest BCUT2D eigenvalue weighted by Crippen LogP contribution is -2.29. The molecule has 0 aromatic heterocycles. The van der Waals surface area contributed by atoms with Gasteiger partial charge in [0.25, 0.3) is 11.7 Å². The molecule has 1 aliphatic rings. The number of aryl methyl sites for hydroxylation is 1. The molecule has 1 unspecified atom stereocenters. The Hall–Kier alpha value is -3.58. The quantitative estimate of drug-likeness (QED) is 0.284. The van der Waals surface area contributed by atoms with Crippen molar-refractivity contribution in [2.75, 3.05) is 19.1 Å². The average Bonchev–Trinajstić information content (AvgIpc) is 3.08. The molecule has 33 heavy (non-hydrogen) atoms. The van der Waals surface area contributed by atoms with Gasteiger partial charge >= 0.3 is 0 Å². The smallest absolute Gasteiger partial charge is 0.300 e. The van der Waals surface area contributed by atoms with Gasteiger partial charge < -0.3 is 14.6 Å². The van der Waals surface area contributed by atoms with Crippen LogP contribution in [-0.4, -0.2) is 31.0 Å². The SMILES string of the molecule is COc1ccc(/C(O)=C2\C(=O)C(=O)N(c3cccc(C)c3)C2c2ccccc2OC)cc1Br. The lowest BCUT2D eigenvalue weighted by Gasteiger charge is -2.27. The summed E-state index contributed by atoms with van der Waals surface area (Å²) in [4.78, 5) is 28.0. The number of methoxy groups -OCH3 is 2. The summed E-state index contributed by atoms with van der Waals surface area (Å²) in [6, 6.07) is 18.6. The lowest BCUT2D eigenvalue weighted by molar-refractivity contribution is -0.132. The van der Waals surface area contributed by atoms with Crippen LogP contribution in [0.2, 0.25) is 0 Å². The number of Topliss-reactive ketones (excluding diaryl/α,β-unsaturated/α-hetero) is 1. The van der Waals surface area contributed by atoms with Crippen molar-refractivity contribution < 1.29 is 24.2 Å². The molecule has 1 N–H and O–H groups in total. The van der Waals surface area contributed by atoms with Gasteiger partial charge in [-0.15, -0.1) is 0 Å². The van der Waals surface area contributed by atoms with Gasteiger partial charge in [-0.3, -0.25) is 14.5 Å². The van der Waals surface area contributed by atoms with Gasteiger partial charge in [-0.25, -0.2) is 0 Å². The molecule has 168 valence electrons. The highest BCUT2D eigenvalue weighted by Gasteiger charge is 2.47. The second-order valence-electron chi connectivity index (χ2n) is 7.60. The standard InChI is InChI=1S/C26H22BrNO5/c1-15-7-6-8-17(13-15)28-23(18-9-4-5-10-20(18)32-2)22(25(30)26(28)31)24(29)16-11-12-21(33-3)19(27)14-16/h4-14,23,29H,1-3H3/b24-22+. The van der Waals surface area contributed by atoms with Crippen molar-refractivity contribution in [2.45, 2.75) is 13.0 Å². The summed E-state index contributed by atoms with van der Waals surface area (Å²) in [5.74, 6) is -0.679. The molecule has 1 heterocycles. The first-order valence-corrected chi connectivity index (χ1v) is 11.0. The summed E-state index contributed by atoms with van der Waals surface area (Å²) in [5, 5.41) is 11.3. The van der Waals surface area contributed by atoms with Gasteiger partial charge in [-0.2, -0.15) is 0 Å². The van der Waals surface area contributed by atoms with Gasteiger partial charge in [-0.05, 0) is 64.8 Å². The number of rotatable bonds is 5. The largest absolute Gasteiger partial charge is 0.507 e. The van der Waals surface area contributed by atoms with Crippen molar-refractivity contribution in [1.82, 2.24) is 0 Å². The Morgan fingerprint density at radius 1 is 0.939 bits per heavy atom. The molecule has 4 rings (SSSR count). The van der Waals surface area contributed by atoms with Crippen LogP contribution in [-0.2, 0) is 9.59 Å². The number of carbonyl (C=O) groups is 2. The van der Waals surface area contributed by atoms with E-state index < -0.39 is 17.7 Å². The highest BCUT2D eigenvalue weighted by molar-refractivity contribution is 9.10.